The Morgan fingerprint density at radius 2 is 2.17 bits per heavy atom. The van der Waals surface area contributed by atoms with Crippen molar-refractivity contribution in [3.05, 3.63) is 34.3 Å². The van der Waals surface area contributed by atoms with Crippen molar-refractivity contribution in [1.29, 1.82) is 0 Å². The third-order valence-electron chi connectivity index (χ3n) is 3.40. The fraction of sp³-hybridized carbons (Fsp3) is 0.538. The molecular formula is C13H18BrNO2S. The average molecular weight is 332 g/mol. The molecule has 0 amide bonds. The van der Waals surface area contributed by atoms with Crippen molar-refractivity contribution in [2.75, 3.05) is 18.1 Å². The van der Waals surface area contributed by atoms with Crippen molar-refractivity contribution >= 4 is 25.8 Å². The highest BCUT2D eigenvalue weighted by atomic mass is 79.9. The van der Waals surface area contributed by atoms with Gasteiger partial charge in [0.2, 0.25) is 0 Å². The van der Waals surface area contributed by atoms with Crippen LogP contribution in [0.2, 0.25) is 0 Å². The van der Waals surface area contributed by atoms with Crippen LogP contribution in [0.3, 0.4) is 0 Å². The van der Waals surface area contributed by atoms with E-state index in [2.05, 4.69) is 27.3 Å². The van der Waals surface area contributed by atoms with E-state index in [4.69, 9.17) is 0 Å². The molecule has 2 rings (SSSR count). The molecular weight excluding hydrogens is 314 g/mol. The first kappa shape index (κ1) is 14.0. The van der Waals surface area contributed by atoms with Crippen LogP contribution in [0.5, 0.6) is 0 Å². The van der Waals surface area contributed by atoms with Gasteiger partial charge in [-0.05, 0) is 30.5 Å². The maximum absolute atomic E-state index is 11.6. The highest BCUT2D eigenvalue weighted by Gasteiger charge is 2.34. The van der Waals surface area contributed by atoms with E-state index in [1.54, 1.807) is 0 Å². The van der Waals surface area contributed by atoms with E-state index in [1.165, 1.54) is 0 Å². The summed E-state index contributed by atoms with van der Waals surface area (Å²) in [5, 5.41) is 3.42. The van der Waals surface area contributed by atoms with Crippen molar-refractivity contribution in [3.63, 3.8) is 0 Å². The molecule has 0 aliphatic carbocycles. The van der Waals surface area contributed by atoms with Gasteiger partial charge in [-0.15, -0.1) is 0 Å². The number of nitrogens with one attached hydrogen (secondary N) is 1. The Balaban J connectivity index is 2.27. The highest BCUT2D eigenvalue weighted by Crippen LogP contribution is 2.34. The smallest absolute Gasteiger partial charge is 0.150 e. The third kappa shape index (κ3) is 3.13. The summed E-state index contributed by atoms with van der Waals surface area (Å²) in [6.45, 7) is 2.88. The molecule has 3 nitrogen and oxygen atoms in total. The molecule has 1 aromatic carbocycles. The largest absolute Gasteiger partial charge is 0.310 e. The Hall–Kier alpha value is -0.390. The van der Waals surface area contributed by atoms with Gasteiger partial charge in [0.05, 0.1) is 11.5 Å². The Kier molecular flexibility index (Phi) is 4.45. The van der Waals surface area contributed by atoms with Crippen LogP contribution in [0.25, 0.3) is 0 Å². The second-order valence-corrected chi connectivity index (χ2v) is 7.80. The molecule has 1 aliphatic rings. The van der Waals surface area contributed by atoms with E-state index >= 15 is 0 Å². The molecule has 1 saturated heterocycles. The summed E-state index contributed by atoms with van der Waals surface area (Å²) >= 11 is 3.55. The van der Waals surface area contributed by atoms with Crippen molar-refractivity contribution in [3.8, 4) is 0 Å². The van der Waals surface area contributed by atoms with Gasteiger partial charge >= 0.3 is 0 Å². The zero-order valence-corrected chi connectivity index (χ0v) is 12.8. The van der Waals surface area contributed by atoms with Crippen molar-refractivity contribution < 1.29 is 8.42 Å². The number of halogens is 1. The van der Waals surface area contributed by atoms with Gasteiger partial charge in [-0.1, -0.05) is 41.1 Å². The van der Waals surface area contributed by atoms with Gasteiger partial charge in [0.25, 0.3) is 0 Å². The van der Waals surface area contributed by atoms with Crippen molar-refractivity contribution in [2.24, 2.45) is 5.92 Å². The van der Waals surface area contributed by atoms with Crippen LogP contribution in [-0.2, 0) is 9.84 Å². The zero-order chi connectivity index (χ0) is 13.2. The molecule has 0 radical (unpaired) electrons. The minimum Gasteiger partial charge on any atom is -0.310 e. The lowest BCUT2D eigenvalue weighted by Crippen LogP contribution is -2.29. The molecule has 2 atom stereocenters. The lowest BCUT2D eigenvalue weighted by molar-refractivity contribution is 0.399. The lowest BCUT2D eigenvalue weighted by Gasteiger charge is -2.25. The number of benzene rings is 1. The van der Waals surface area contributed by atoms with Gasteiger partial charge < -0.3 is 5.32 Å². The van der Waals surface area contributed by atoms with Gasteiger partial charge in [0, 0.05) is 10.5 Å². The highest BCUT2D eigenvalue weighted by molar-refractivity contribution is 9.10. The first-order valence-corrected chi connectivity index (χ1v) is 8.83. The predicted octanol–water partition coefficient (Wildman–Crippen LogP) is 2.53. The van der Waals surface area contributed by atoms with Gasteiger partial charge in [-0.25, -0.2) is 8.42 Å². The number of hydrogen-bond donors (Lipinski definition) is 1. The summed E-state index contributed by atoms with van der Waals surface area (Å²) in [5.74, 6) is 0.796. The Morgan fingerprint density at radius 3 is 2.72 bits per heavy atom. The normalized spacial score (nSPS) is 24.0. The molecule has 0 spiro atoms. The lowest BCUT2D eigenvalue weighted by atomic mass is 9.92. The molecule has 18 heavy (non-hydrogen) atoms. The summed E-state index contributed by atoms with van der Waals surface area (Å²) < 4.78 is 24.3. The molecule has 1 heterocycles. The van der Waals surface area contributed by atoms with Crippen LogP contribution in [0.1, 0.15) is 24.9 Å². The van der Waals surface area contributed by atoms with E-state index in [9.17, 15) is 8.42 Å². The predicted molar refractivity (Wildman–Crippen MR) is 77.3 cm³/mol. The second-order valence-electron chi connectivity index (χ2n) is 4.72. The summed E-state index contributed by atoms with van der Waals surface area (Å²) in [6.07, 6.45) is 0.751. The molecule has 0 aromatic heterocycles. The molecule has 1 N–H and O–H groups in total. The monoisotopic (exact) mass is 331 g/mol. The van der Waals surface area contributed by atoms with Gasteiger partial charge in [0.15, 0.2) is 9.84 Å². The minimum absolute atomic E-state index is 0.114. The summed E-state index contributed by atoms with van der Waals surface area (Å²) in [7, 11) is -2.83. The average Bonchev–Trinajstić information content (AvgIpc) is 2.68. The van der Waals surface area contributed by atoms with Crippen LogP contribution in [-0.4, -0.2) is 26.5 Å². The number of rotatable bonds is 4. The molecule has 1 aliphatic heterocycles. The van der Waals surface area contributed by atoms with Crippen LogP contribution in [0.15, 0.2) is 28.7 Å². The van der Waals surface area contributed by atoms with E-state index in [0.29, 0.717) is 11.5 Å². The number of hydrogen-bond acceptors (Lipinski definition) is 3. The number of sulfone groups is 1. The van der Waals surface area contributed by atoms with Crippen molar-refractivity contribution in [2.45, 2.75) is 19.4 Å². The summed E-state index contributed by atoms with van der Waals surface area (Å²) in [4.78, 5) is 0. The zero-order valence-electron chi connectivity index (χ0n) is 10.4. The molecule has 2 unspecified atom stereocenters. The van der Waals surface area contributed by atoms with Crippen molar-refractivity contribution in [1.82, 2.24) is 5.32 Å². The second kappa shape index (κ2) is 5.72. The third-order valence-corrected chi connectivity index (χ3v) is 5.92. The molecule has 1 fully saturated rings. The van der Waals surface area contributed by atoms with Gasteiger partial charge in [0.1, 0.15) is 0 Å². The topological polar surface area (TPSA) is 46.2 Å². The maximum atomic E-state index is 11.6. The van der Waals surface area contributed by atoms with Gasteiger partial charge in [-0.2, -0.15) is 0 Å². The van der Waals surface area contributed by atoms with Gasteiger partial charge in [-0.3, -0.25) is 0 Å². The maximum Gasteiger partial charge on any atom is 0.150 e. The molecule has 0 saturated carbocycles. The SMILES string of the molecule is CCNC(c1ccccc1Br)C1CCS(=O)(=O)C1. The first-order valence-electron chi connectivity index (χ1n) is 6.21. The van der Waals surface area contributed by atoms with E-state index in [0.717, 1.165) is 23.0 Å². The van der Waals surface area contributed by atoms with Crippen LogP contribution >= 0.6 is 15.9 Å². The fourth-order valence-corrected chi connectivity index (χ4v) is 4.94. The van der Waals surface area contributed by atoms with Crippen LogP contribution < -0.4 is 5.32 Å². The minimum atomic E-state index is -2.83. The van der Waals surface area contributed by atoms with E-state index in [1.807, 2.05) is 25.1 Å². The Morgan fingerprint density at radius 1 is 1.44 bits per heavy atom. The van der Waals surface area contributed by atoms with E-state index in [-0.39, 0.29) is 12.0 Å². The quantitative estimate of drug-likeness (QED) is 0.922. The molecule has 1 aromatic rings. The van der Waals surface area contributed by atoms with Crippen LogP contribution in [0, 0.1) is 5.92 Å². The van der Waals surface area contributed by atoms with Crippen LogP contribution in [0.4, 0.5) is 0 Å². The standard InChI is InChI=1S/C13H18BrNO2S/c1-2-15-13(10-7-8-18(16,17)9-10)11-5-3-4-6-12(11)14/h3-6,10,13,15H,2,7-9H2,1H3. The summed E-state index contributed by atoms with van der Waals surface area (Å²) in [6, 6.07) is 8.14. The molecule has 100 valence electrons. The Bertz CT molecular complexity index is 515. The summed E-state index contributed by atoms with van der Waals surface area (Å²) in [5.41, 5.74) is 1.15. The fourth-order valence-electron chi connectivity index (χ4n) is 2.56. The molecule has 5 heteroatoms. The first-order chi connectivity index (χ1) is 8.53. The molecule has 0 bridgehead atoms. The van der Waals surface area contributed by atoms with E-state index < -0.39 is 9.84 Å². The Labute approximate surface area is 117 Å².